The molecule has 0 bridgehead atoms. The lowest BCUT2D eigenvalue weighted by Gasteiger charge is -2.15. The van der Waals surface area contributed by atoms with Crippen LogP contribution in [0.3, 0.4) is 0 Å². The smallest absolute Gasteiger partial charge is 0.157 e. The zero-order chi connectivity index (χ0) is 19.2. The molecule has 4 nitrogen and oxygen atoms in total. The summed E-state index contributed by atoms with van der Waals surface area (Å²) in [5.74, 6) is 1.31. The molecule has 2 aromatic heterocycles. The molecule has 0 spiro atoms. The van der Waals surface area contributed by atoms with Crippen LogP contribution in [0.2, 0.25) is 0 Å². The number of nitriles is 1. The number of nitrogens with zero attached hydrogens (tertiary/aromatic N) is 3. The number of benzene rings is 1. The molecule has 142 valence electrons. The van der Waals surface area contributed by atoms with Gasteiger partial charge in [0, 0.05) is 6.54 Å². The van der Waals surface area contributed by atoms with E-state index in [0.29, 0.717) is 5.56 Å². The molecule has 0 saturated carbocycles. The Morgan fingerprint density at radius 3 is 2.59 bits per heavy atom. The van der Waals surface area contributed by atoms with Gasteiger partial charge in [0.1, 0.15) is 11.9 Å². The number of anilines is 1. The molecule has 0 atom stereocenters. The molecule has 1 N–H and O–H groups in total. The van der Waals surface area contributed by atoms with Gasteiger partial charge in [-0.1, -0.05) is 65.0 Å². The number of pyridine rings is 1. The minimum absolute atomic E-state index is 0.277. The summed E-state index contributed by atoms with van der Waals surface area (Å²) in [6.45, 7) is 7.45. The van der Waals surface area contributed by atoms with E-state index >= 15 is 0 Å². The van der Waals surface area contributed by atoms with Crippen LogP contribution in [0.25, 0.3) is 16.7 Å². The number of fused-ring (bicyclic) bond motifs is 3. The first-order valence-corrected chi connectivity index (χ1v) is 10.3. The number of aromatic nitrogens is 2. The van der Waals surface area contributed by atoms with Crippen LogP contribution in [0.15, 0.2) is 30.3 Å². The van der Waals surface area contributed by atoms with Crippen molar-refractivity contribution in [2.24, 2.45) is 0 Å². The van der Waals surface area contributed by atoms with Crippen molar-refractivity contribution in [2.45, 2.75) is 65.2 Å². The molecule has 0 unspecified atom stereocenters. The first kappa shape index (κ1) is 19.2. The highest BCUT2D eigenvalue weighted by atomic mass is 15.1. The molecule has 3 aromatic rings. The molecule has 0 aliphatic carbocycles. The highest BCUT2D eigenvalue weighted by Crippen LogP contribution is 2.30. The van der Waals surface area contributed by atoms with Crippen molar-refractivity contribution in [3.63, 3.8) is 0 Å². The van der Waals surface area contributed by atoms with Crippen LogP contribution in [0.4, 0.5) is 5.82 Å². The zero-order valence-corrected chi connectivity index (χ0v) is 16.8. The topological polar surface area (TPSA) is 53.1 Å². The van der Waals surface area contributed by atoms with E-state index in [4.69, 9.17) is 4.98 Å². The van der Waals surface area contributed by atoms with Crippen molar-refractivity contribution in [1.82, 2.24) is 9.38 Å². The van der Waals surface area contributed by atoms with Crippen LogP contribution >= 0.6 is 0 Å². The number of imidazole rings is 1. The highest BCUT2D eigenvalue weighted by molar-refractivity contribution is 5.85. The Labute approximate surface area is 162 Å². The molecule has 2 heterocycles. The van der Waals surface area contributed by atoms with E-state index in [-0.39, 0.29) is 5.92 Å². The molecule has 0 fully saturated rings. The fourth-order valence-corrected chi connectivity index (χ4v) is 3.67. The van der Waals surface area contributed by atoms with Crippen LogP contribution in [0.5, 0.6) is 0 Å². The third-order valence-corrected chi connectivity index (χ3v) is 5.18. The Morgan fingerprint density at radius 1 is 1.11 bits per heavy atom. The first-order chi connectivity index (χ1) is 13.2. The molecule has 0 radical (unpaired) electrons. The van der Waals surface area contributed by atoms with Crippen molar-refractivity contribution in [2.75, 3.05) is 11.9 Å². The Kier molecular flexibility index (Phi) is 6.34. The molecule has 27 heavy (non-hydrogen) atoms. The van der Waals surface area contributed by atoms with Crippen LogP contribution in [-0.2, 0) is 0 Å². The summed E-state index contributed by atoms with van der Waals surface area (Å²) in [6.07, 6.45) is 7.68. The number of nitrogens with one attached hydrogen (secondary N) is 1. The van der Waals surface area contributed by atoms with Gasteiger partial charge in [-0.2, -0.15) is 5.26 Å². The standard InChI is InChI=1S/C23H30N4/c1-4-5-6-7-8-11-14-25-22-15-18(17(2)3)19(16-24)23-26-20-12-9-10-13-21(20)27(22)23/h9-10,12-13,15,17,25H,4-8,11,14H2,1-3H3. The summed E-state index contributed by atoms with van der Waals surface area (Å²) in [5, 5.41) is 13.4. The van der Waals surface area contributed by atoms with Crippen molar-refractivity contribution in [3.05, 3.63) is 41.5 Å². The monoisotopic (exact) mass is 362 g/mol. The van der Waals surface area contributed by atoms with Gasteiger partial charge in [0.15, 0.2) is 5.65 Å². The van der Waals surface area contributed by atoms with E-state index in [9.17, 15) is 5.26 Å². The van der Waals surface area contributed by atoms with Gasteiger partial charge in [-0.15, -0.1) is 0 Å². The van der Waals surface area contributed by atoms with Crippen molar-refractivity contribution >= 4 is 22.5 Å². The van der Waals surface area contributed by atoms with Gasteiger partial charge in [-0.3, -0.25) is 4.40 Å². The second kappa shape index (κ2) is 8.90. The second-order valence-corrected chi connectivity index (χ2v) is 7.58. The van der Waals surface area contributed by atoms with Crippen LogP contribution < -0.4 is 5.32 Å². The van der Waals surface area contributed by atoms with Crippen LogP contribution in [0.1, 0.15) is 76.3 Å². The van der Waals surface area contributed by atoms with E-state index in [1.54, 1.807) is 0 Å². The minimum atomic E-state index is 0.277. The zero-order valence-electron chi connectivity index (χ0n) is 16.8. The Bertz CT molecular complexity index is 946. The predicted octanol–water partition coefficient (Wildman–Crippen LogP) is 6.25. The van der Waals surface area contributed by atoms with E-state index in [1.807, 2.05) is 18.2 Å². The first-order valence-electron chi connectivity index (χ1n) is 10.3. The van der Waals surface area contributed by atoms with Crippen LogP contribution in [0, 0.1) is 11.3 Å². The SMILES string of the molecule is CCCCCCCCNc1cc(C(C)C)c(C#N)c2nc3ccccc3n12. The molecular weight excluding hydrogens is 332 g/mol. The third kappa shape index (κ3) is 4.08. The molecular formula is C23H30N4. The lowest BCUT2D eigenvalue weighted by atomic mass is 9.99. The minimum Gasteiger partial charge on any atom is -0.371 e. The van der Waals surface area contributed by atoms with Gasteiger partial charge in [-0.25, -0.2) is 4.98 Å². The number of rotatable bonds is 9. The number of hydrogen-bond donors (Lipinski definition) is 1. The van der Waals surface area contributed by atoms with Gasteiger partial charge < -0.3 is 5.32 Å². The Balaban J connectivity index is 1.92. The van der Waals surface area contributed by atoms with Gasteiger partial charge in [0.25, 0.3) is 0 Å². The van der Waals surface area contributed by atoms with Crippen molar-refractivity contribution in [1.29, 1.82) is 5.26 Å². The summed E-state index contributed by atoms with van der Waals surface area (Å²) in [6, 6.07) is 12.6. The summed E-state index contributed by atoms with van der Waals surface area (Å²) >= 11 is 0. The Morgan fingerprint density at radius 2 is 1.85 bits per heavy atom. The Hall–Kier alpha value is -2.54. The highest BCUT2D eigenvalue weighted by Gasteiger charge is 2.18. The van der Waals surface area contributed by atoms with Gasteiger partial charge >= 0.3 is 0 Å². The lowest BCUT2D eigenvalue weighted by molar-refractivity contribution is 0.616. The quantitative estimate of drug-likeness (QED) is 0.457. The van der Waals surface area contributed by atoms with E-state index < -0.39 is 0 Å². The molecule has 4 heteroatoms. The molecule has 0 amide bonds. The summed E-state index contributed by atoms with van der Waals surface area (Å²) in [7, 11) is 0. The van der Waals surface area contributed by atoms with Gasteiger partial charge in [0.2, 0.25) is 0 Å². The molecule has 0 saturated heterocycles. The number of unbranched alkanes of at least 4 members (excludes halogenated alkanes) is 5. The fraction of sp³-hybridized carbons (Fsp3) is 0.478. The maximum Gasteiger partial charge on any atom is 0.157 e. The van der Waals surface area contributed by atoms with Crippen molar-refractivity contribution in [3.8, 4) is 6.07 Å². The molecule has 1 aromatic carbocycles. The maximum atomic E-state index is 9.77. The summed E-state index contributed by atoms with van der Waals surface area (Å²) in [5.41, 5.74) is 4.48. The average Bonchev–Trinajstić information content (AvgIpc) is 3.06. The van der Waals surface area contributed by atoms with E-state index in [2.05, 4.69) is 48.7 Å². The van der Waals surface area contributed by atoms with Gasteiger partial charge in [-0.05, 0) is 36.1 Å². The molecule has 0 aliphatic rings. The fourth-order valence-electron chi connectivity index (χ4n) is 3.67. The number of hydrogen-bond acceptors (Lipinski definition) is 3. The number of para-hydroxylation sites is 2. The maximum absolute atomic E-state index is 9.77. The molecule has 3 rings (SSSR count). The lowest BCUT2D eigenvalue weighted by Crippen LogP contribution is -2.09. The van der Waals surface area contributed by atoms with Crippen molar-refractivity contribution < 1.29 is 0 Å². The summed E-state index contributed by atoms with van der Waals surface area (Å²) in [4.78, 5) is 4.77. The summed E-state index contributed by atoms with van der Waals surface area (Å²) < 4.78 is 2.11. The van der Waals surface area contributed by atoms with Gasteiger partial charge in [0.05, 0.1) is 16.6 Å². The normalized spacial score (nSPS) is 11.4. The second-order valence-electron chi connectivity index (χ2n) is 7.58. The third-order valence-electron chi connectivity index (χ3n) is 5.18. The average molecular weight is 363 g/mol. The van der Waals surface area contributed by atoms with E-state index in [0.717, 1.165) is 41.0 Å². The van der Waals surface area contributed by atoms with E-state index in [1.165, 1.54) is 32.1 Å². The molecule has 0 aliphatic heterocycles. The largest absolute Gasteiger partial charge is 0.371 e. The predicted molar refractivity (Wildman–Crippen MR) is 113 cm³/mol. The van der Waals surface area contributed by atoms with Crippen LogP contribution in [-0.4, -0.2) is 15.9 Å².